The Balaban J connectivity index is 2.04. The van der Waals surface area contributed by atoms with E-state index in [1.54, 1.807) is 0 Å². The maximum atomic E-state index is 5.92. The van der Waals surface area contributed by atoms with Crippen LogP contribution in [0.2, 0.25) is 0 Å². The van der Waals surface area contributed by atoms with E-state index in [1.165, 1.54) is 43.2 Å². The van der Waals surface area contributed by atoms with Crippen molar-refractivity contribution in [2.45, 2.75) is 38.0 Å². The average Bonchev–Trinajstić information content (AvgIpc) is 2.38. The van der Waals surface area contributed by atoms with Crippen LogP contribution in [0, 0.1) is 5.92 Å². The molecule has 1 aromatic rings. The number of hydrogen-bond donors (Lipinski definition) is 0. The maximum Gasteiger partial charge on any atom is 0.0479 e. The van der Waals surface area contributed by atoms with E-state index in [2.05, 4.69) is 36.4 Å². The largest absolute Gasteiger partial charge is 0.122 e. The lowest BCUT2D eigenvalue weighted by molar-refractivity contribution is 0.420. The van der Waals surface area contributed by atoms with Crippen LogP contribution in [0.15, 0.2) is 30.3 Å². The Kier molecular flexibility index (Phi) is 4.47. The summed E-state index contributed by atoms with van der Waals surface area (Å²) in [5.74, 6) is 1.39. The van der Waals surface area contributed by atoms with E-state index in [-0.39, 0.29) is 0 Å². The molecule has 0 aliphatic heterocycles. The van der Waals surface area contributed by atoms with Gasteiger partial charge >= 0.3 is 0 Å². The average molecular weight is 235 g/mol. The van der Waals surface area contributed by atoms with Crippen LogP contribution in [0.3, 0.4) is 0 Å². The fourth-order valence-corrected chi connectivity index (χ4v) is 2.63. The zero-order valence-electron chi connectivity index (χ0n) is 9.66. The third kappa shape index (κ3) is 3.12. The zero-order chi connectivity index (χ0) is 11.2. The molecule has 0 heterocycles. The molecule has 0 saturated heterocycles. The van der Waals surface area contributed by atoms with Gasteiger partial charge in [0.2, 0.25) is 0 Å². The van der Waals surface area contributed by atoms with Crippen molar-refractivity contribution in [1.29, 1.82) is 0 Å². The van der Waals surface area contributed by atoms with Crippen LogP contribution in [-0.2, 0) is 5.88 Å². The van der Waals surface area contributed by atoms with Crippen molar-refractivity contribution in [2.75, 3.05) is 0 Å². The minimum absolute atomic E-state index is 0.602. The molecule has 1 aliphatic carbocycles. The number of halogens is 1. The summed E-state index contributed by atoms with van der Waals surface area (Å²) in [5.41, 5.74) is 2.51. The van der Waals surface area contributed by atoms with Crippen molar-refractivity contribution in [3.63, 3.8) is 0 Å². The van der Waals surface area contributed by atoms with Gasteiger partial charge in [0.1, 0.15) is 0 Å². The minimum atomic E-state index is 0.602. The molecule has 1 saturated carbocycles. The van der Waals surface area contributed by atoms with Crippen molar-refractivity contribution in [3.8, 4) is 0 Å². The fraction of sp³-hybridized carbons (Fsp3) is 0.467. The number of alkyl halides is 1. The van der Waals surface area contributed by atoms with Crippen LogP contribution in [0.4, 0.5) is 0 Å². The molecule has 0 radical (unpaired) electrons. The van der Waals surface area contributed by atoms with Crippen LogP contribution in [0.1, 0.15) is 43.2 Å². The summed E-state index contributed by atoms with van der Waals surface area (Å²) < 4.78 is 0. The first kappa shape index (κ1) is 11.7. The van der Waals surface area contributed by atoms with Gasteiger partial charge in [-0.25, -0.2) is 0 Å². The van der Waals surface area contributed by atoms with Gasteiger partial charge in [-0.3, -0.25) is 0 Å². The second kappa shape index (κ2) is 6.10. The molecule has 0 bridgehead atoms. The van der Waals surface area contributed by atoms with E-state index < -0.39 is 0 Å². The van der Waals surface area contributed by atoms with Crippen molar-refractivity contribution >= 4 is 17.7 Å². The van der Waals surface area contributed by atoms with Gasteiger partial charge in [-0.2, -0.15) is 0 Å². The molecular weight excluding hydrogens is 216 g/mol. The Bertz CT molecular complexity index is 348. The van der Waals surface area contributed by atoms with Crippen LogP contribution >= 0.6 is 11.6 Å². The molecule has 0 N–H and O–H groups in total. The normalized spacial score (nSPS) is 18.1. The topological polar surface area (TPSA) is 0 Å². The standard InChI is InChI=1S/C15H19Cl/c16-12-15-9-5-4-8-14(15)11-10-13-6-2-1-3-7-13/h4-5,8-11,13H,1-3,6-7,12H2. The molecule has 1 aliphatic rings. The van der Waals surface area contributed by atoms with Crippen LogP contribution in [0.25, 0.3) is 6.08 Å². The van der Waals surface area contributed by atoms with Crippen molar-refractivity contribution in [1.82, 2.24) is 0 Å². The smallest absolute Gasteiger partial charge is 0.0479 e. The van der Waals surface area contributed by atoms with E-state index in [0.717, 1.165) is 5.92 Å². The number of rotatable bonds is 3. The van der Waals surface area contributed by atoms with Crippen molar-refractivity contribution in [3.05, 3.63) is 41.5 Å². The molecular formula is C15H19Cl. The lowest BCUT2D eigenvalue weighted by Crippen LogP contribution is -2.02. The summed E-state index contributed by atoms with van der Waals surface area (Å²) in [4.78, 5) is 0. The second-order valence-corrected chi connectivity index (χ2v) is 4.86. The van der Waals surface area contributed by atoms with E-state index in [0.29, 0.717) is 5.88 Å². The van der Waals surface area contributed by atoms with E-state index >= 15 is 0 Å². The van der Waals surface area contributed by atoms with Gasteiger partial charge < -0.3 is 0 Å². The van der Waals surface area contributed by atoms with Crippen molar-refractivity contribution in [2.24, 2.45) is 5.92 Å². The molecule has 0 unspecified atom stereocenters. The fourth-order valence-electron chi connectivity index (χ4n) is 2.38. The summed E-state index contributed by atoms with van der Waals surface area (Å²) >= 11 is 5.92. The minimum Gasteiger partial charge on any atom is -0.122 e. The highest BCUT2D eigenvalue weighted by Crippen LogP contribution is 2.25. The molecule has 1 aromatic carbocycles. The molecule has 86 valence electrons. The third-order valence-electron chi connectivity index (χ3n) is 3.40. The monoisotopic (exact) mass is 234 g/mol. The van der Waals surface area contributed by atoms with E-state index in [4.69, 9.17) is 11.6 Å². The summed E-state index contributed by atoms with van der Waals surface area (Å²) in [5, 5.41) is 0. The maximum absolute atomic E-state index is 5.92. The molecule has 0 amide bonds. The summed E-state index contributed by atoms with van der Waals surface area (Å²) in [7, 11) is 0. The second-order valence-electron chi connectivity index (χ2n) is 4.59. The molecule has 0 aromatic heterocycles. The highest BCUT2D eigenvalue weighted by atomic mass is 35.5. The molecule has 1 fully saturated rings. The summed E-state index contributed by atoms with van der Waals surface area (Å²) in [6.45, 7) is 0. The predicted molar refractivity (Wildman–Crippen MR) is 71.6 cm³/mol. The van der Waals surface area contributed by atoms with Gasteiger partial charge in [0, 0.05) is 5.88 Å². The first-order valence-corrected chi connectivity index (χ1v) is 6.75. The van der Waals surface area contributed by atoms with Crippen molar-refractivity contribution < 1.29 is 0 Å². The summed E-state index contributed by atoms with van der Waals surface area (Å²) in [6.07, 6.45) is 11.6. The number of allylic oxidation sites excluding steroid dienone is 1. The SMILES string of the molecule is ClCc1ccccc1C=CC1CCCCC1. The molecule has 1 heteroatoms. The molecule has 2 rings (SSSR count). The Morgan fingerprint density at radius 2 is 1.88 bits per heavy atom. The molecule has 0 nitrogen and oxygen atoms in total. The predicted octanol–water partition coefficient (Wildman–Crippen LogP) is 5.02. The number of hydrogen-bond acceptors (Lipinski definition) is 0. The third-order valence-corrected chi connectivity index (χ3v) is 3.68. The molecule has 16 heavy (non-hydrogen) atoms. The Hall–Kier alpha value is -0.750. The van der Waals surface area contributed by atoms with Gasteiger partial charge in [-0.05, 0) is 29.9 Å². The lowest BCUT2D eigenvalue weighted by atomic mass is 9.88. The Morgan fingerprint density at radius 1 is 1.12 bits per heavy atom. The van der Waals surface area contributed by atoms with E-state index in [1.807, 2.05) is 0 Å². The Labute approximate surface area is 103 Å². The molecule has 0 spiro atoms. The quantitative estimate of drug-likeness (QED) is 0.645. The highest BCUT2D eigenvalue weighted by Gasteiger charge is 2.09. The zero-order valence-corrected chi connectivity index (χ0v) is 10.4. The van der Waals surface area contributed by atoms with Gasteiger partial charge in [-0.15, -0.1) is 11.6 Å². The van der Waals surface area contributed by atoms with Gasteiger partial charge in [0.25, 0.3) is 0 Å². The first-order valence-electron chi connectivity index (χ1n) is 6.22. The highest BCUT2D eigenvalue weighted by molar-refractivity contribution is 6.17. The van der Waals surface area contributed by atoms with Crippen LogP contribution in [0.5, 0.6) is 0 Å². The lowest BCUT2D eigenvalue weighted by Gasteiger charge is -2.17. The van der Waals surface area contributed by atoms with Gasteiger partial charge in [0.15, 0.2) is 0 Å². The van der Waals surface area contributed by atoms with Gasteiger partial charge in [0.05, 0.1) is 0 Å². The Morgan fingerprint density at radius 3 is 2.62 bits per heavy atom. The van der Waals surface area contributed by atoms with Crippen LogP contribution < -0.4 is 0 Å². The number of benzene rings is 1. The molecule has 0 atom stereocenters. The van der Waals surface area contributed by atoms with Crippen LogP contribution in [-0.4, -0.2) is 0 Å². The summed E-state index contributed by atoms with van der Waals surface area (Å²) in [6, 6.07) is 8.39. The van der Waals surface area contributed by atoms with Gasteiger partial charge in [-0.1, -0.05) is 55.7 Å². The van der Waals surface area contributed by atoms with E-state index in [9.17, 15) is 0 Å². The first-order chi connectivity index (χ1) is 7.90.